The zero-order valence-corrected chi connectivity index (χ0v) is 9.21. The molecule has 76 valence electrons. The van der Waals surface area contributed by atoms with Gasteiger partial charge in [0.25, 0.3) is 0 Å². The first kappa shape index (κ1) is 10.7. The second-order valence-corrected chi connectivity index (χ2v) is 4.71. The van der Waals surface area contributed by atoms with Crippen LogP contribution in [-0.4, -0.2) is 30.3 Å². The van der Waals surface area contributed by atoms with Crippen LogP contribution in [0.2, 0.25) is 0 Å². The van der Waals surface area contributed by atoms with Crippen molar-refractivity contribution >= 4 is 5.78 Å². The lowest BCUT2D eigenvalue weighted by molar-refractivity contribution is -0.122. The summed E-state index contributed by atoms with van der Waals surface area (Å²) in [5.41, 5.74) is 0. The zero-order valence-electron chi connectivity index (χ0n) is 9.21. The van der Waals surface area contributed by atoms with Gasteiger partial charge in [0, 0.05) is 0 Å². The summed E-state index contributed by atoms with van der Waals surface area (Å²) in [6, 6.07) is 0.197. The van der Waals surface area contributed by atoms with Gasteiger partial charge < -0.3 is 0 Å². The third-order valence-corrected chi connectivity index (χ3v) is 2.96. The zero-order chi connectivity index (χ0) is 10.0. The topological polar surface area (TPSA) is 20.3 Å². The summed E-state index contributed by atoms with van der Waals surface area (Å²) >= 11 is 0. The Labute approximate surface area is 81.3 Å². The van der Waals surface area contributed by atoms with Gasteiger partial charge in [-0.15, -0.1) is 0 Å². The quantitative estimate of drug-likeness (QED) is 0.666. The highest BCUT2D eigenvalue weighted by atomic mass is 16.1. The fourth-order valence-electron chi connectivity index (χ4n) is 2.52. The van der Waals surface area contributed by atoms with Gasteiger partial charge in [0.05, 0.1) is 6.04 Å². The highest BCUT2D eigenvalue weighted by molar-refractivity contribution is 5.82. The number of ketones is 1. The number of likely N-dealkylation sites (tertiary alicyclic amines) is 1. The molecule has 0 saturated carbocycles. The lowest BCUT2D eigenvalue weighted by atomic mass is 9.89. The maximum atomic E-state index is 11.4. The van der Waals surface area contributed by atoms with Crippen molar-refractivity contribution in [3.63, 3.8) is 0 Å². The van der Waals surface area contributed by atoms with Crippen LogP contribution in [0.5, 0.6) is 0 Å². The average Bonchev–Trinajstić information content (AvgIpc) is 2.30. The molecule has 0 bridgehead atoms. The molecule has 1 saturated heterocycles. The van der Waals surface area contributed by atoms with E-state index in [1.807, 2.05) is 0 Å². The third-order valence-electron chi connectivity index (χ3n) is 2.96. The SMILES string of the molecule is CC(=O)C1C(CC(C)C)CCN1C. The molecule has 2 heteroatoms. The van der Waals surface area contributed by atoms with E-state index in [0.717, 1.165) is 6.54 Å². The van der Waals surface area contributed by atoms with Crippen molar-refractivity contribution in [3.8, 4) is 0 Å². The number of nitrogens with zero attached hydrogens (tertiary/aromatic N) is 1. The monoisotopic (exact) mass is 183 g/mol. The Morgan fingerprint density at radius 3 is 2.62 bits per heavy atom. The minimum atomic E-state index is 0.197. The first-order valence-electron chi connectivity index (χ1n) is 5.23. The van der Waals surface area contributed by atoms with Gasteiger partial charge in [-0.25, -0.2) is 0 Å². The van der Waals surface area contributed by atoms with Crippen LogP contribution < -0.4 is 0 Å². The molecular formula is C11H21NO. The number of hydrogen-bond donors (Lipinski definition) is 0. The molecule has 2 atom stereocenters. The van der Waals surface area contributed by atoms with Crippen LogP contribution in [0.25, 0.3) is 0 Å². The van der Waals surface area contributed by atoms with Crippen LogP contribution in [0.3, 0.4) is 0 Å². The number of hydrogen-bond acceptors (Lipinski definition) is 2. The van der Waals surface area contributed by atoms with Crippen molar-refractivity contribution in [3.05, 3.63) is 0 Å². The molecule has 2 unspecified atom stereocenters. The Balaban J connectivity index is 2.59. The summed E-state index contributed by atoms with van der Waals surface area (Å²) in [4.78, 5) is 13.6. The summed E-state index contributed by atoms with van der Waals surface area (Å²) < 4.78 is 0. The summed E-state index contributed by atoms with van der Waals surface area (Å²) in [5, 5.41) is 0. The molecule has 0 amide bonds. The molecule has 1 aliphatic heterocycles. The van der Waals surface area contributed by atoms with Gasteiger partial charge in [-0.3, -0.25) is 9.69 Å². The van der Waals surface area contributed by atoms with Crippen molar-refractivity contribution in [1.82, 2.24) is 4.90 Å². The maximum Gasteiger partial charge on any atom is 0.147 e. The van der Waals surface area contributed by atoms with E-state index in [0.29, 0.717) is 17.6 Å². The number of rotatable bonds is 3. The summed E-state index contributed by atoms with van der Waals surface area (Å²) in [6.45, 7) is 7.27. The largest absolute Gasteiger partial charge is 0.298 e. The van der Waals surface area contributed by atoms with E-state index in [2.05, 4.69) is 25.8 Å². The Morgan fingerprint density at radius 1 is 1.54 bits per heavy atom. The van der Waals surface area contributed by atoms with Gasteiger partial charge in [-0.1, -0.05) is 13.8 Å². The summed E-state index contributed by atoms with van der Waals surface area (Å²) in [7, 11) is 2.06. The maximum absolute atomic E-state index is 11.4. The first-order valence-corrected chi connectivity index (χ1v) is 5.23. The van der Waals surface area contributed by atoms with Crippen molar-refractivity contribution in [2.45, 2.75) is 39.7 Å². The molecule has 0 aliphatic carbocycles. The van der Waals surface area contributed by atoms with E-state index in [4.69, 9.17) is 0 Å². The van der Waals surface area contributed by atoms with Crippen molar-refractivity contribution in [2.75, 3.05) is 13.6 Å². The Morgan fingerprint density at radius 2 is 2.15 bits per heavy atom. The van der Waals surface area contributed by atoms with E-state index in [9.17, 15) is 4.79 Å². The molecule has 0 N–H and O–H groups in total. The van der Waals surface area contributed by atoms with E-state index >= 15 is 0 Å². The van der Waals surface area contributed by atoms with Crippen molar-refractivity contribution < 1.29 is 4.79 Å². The Bertz CT molecular complexity index is 189. The van der Waals surface area contributed by atoms with Gasteiger partial charge in [0.1, 0.15) is 5.78 Å². The van der Waals surface area contributed by atoms with E-state index < -0.39 is 0 Å². The van der Waals surface area contributed by atoms with Crippen molar-refractivity contribution in [2.24, 2.45) is 11.8 Å². The standard InChI is InChI=1S/C11H21NO/c1-8(2)7-10-5-6-12(4)11(10)9(3)13/h8,10-11H,5-7H2,1-4H3. The first-order chi connectivity index (χ1) is 6.02. The van der Waals surface area contributed by atoms with Crippen LogP contribution in [0.4, 0.5) is 0 Å². The highest BCUT2D eigenvalue weighted by Gasteiger charge is 2.34. The summed E-state index contributed by atoms with van der Waals surface area (Å²) in [5.74, 6) is 1.64. The van der Waals surface area contributed by atoms with E-state index in [1.165, 1.54) is 12.8 Å². The van der Waals surface area contributed by atoms with E-state index in [1.54, 1.807) is 6.92 Å². The second-order valence-electron chi connectivity index (χ2n) is 4.71. The smallest absolute Gasteiger partial charge is 0.147 e. The number of likely N-dealkylation sites (N-methyl/N-ethyl adjacent to an activating group) is 1. The van der Waals surface area contributed by atoms with Gasteiger partial charge >= 0.3 is 0 Å². The molecule has 1 heterocycles. The fraction of sp³-hybridized carbons (Fsp3) is 0.909. The predicted molar refractivity (Wildman–Crippen MR) is 54.7 cm³/mol. The normalized spacial score (nSPS) is 29.9. The lowest BCUT2D eigenvalue weighted by Gasteiger charge is -2.23. The lowest BCUT2D eigenvalue weighted by Crippen LogP contribution is -2.36. The van der Waals surface area contributed by atoms with Crippen LogP contribution in [0.1, 0.15) is 33.6 Å². The minimum absolute atomic E-state index is 0.197. The number of carbonyl (C=O) groups is 1. The third kappa shape index (κ3) is 2.53. The fourth-order valence-corrected chi connectivity index (χ4v) is 2.52. The average molecular weight is 183 g/mol. The molecule has 0 aromatic heterocycles. The van der Waals surface area contributed by atoms with Gasteiger partial charge in [-0.2, -0.15) is 0 Å². The van der Waals surface area contributed by atoms with Crippen LogP contribution in [0, 0.1) is 11.8 Å². The minimum Gasteiger partial charge on any atom is -0.298 e. The van der Waals surface area contributed by atoms with Crippen LogP contribution >= 0.6 is 0 Å². The van der Waals surface area contributed by atoms with Gasteiger partial charge in [0.15, 0.2) is 0 Å². The Hall–Kier alpha value is -0.370. The predicted octanol–water partition coefficient (Wildman–Crippen LogP) is 1.94. The molecule has 1 fully saturated rings. The van der Waals surface area contributed by atoms with Crippen LogP contribution in [0.15, 0.2) is 0 Å². The molecule has 1 aliphatic rings. The summed E-state index contributed by atoms with van der Waals surface area (Å²) in [6.07, 6.45) is 2.38. The molecule has 0 aromatic carbocycles. The van der Waals surface area contributed by atoms with Crippen molar-refractivity contribution in [1.29, 1.82) is 0 Å². The molecule has 0 radical (unpaired) electrons. The second kappa shape index (κ2) is 4.23. The molecule has 2 nitrogen and oxygen atoms in total. The molecule has 0 aromatic rings. The van der Waals surface area contributed by atoms with Gasteiger partial charge in [0.2, 0.25) is 0 Å². The van der Waals surface area contributed by atoms with E-state index in [-0.39, 0.29) is 6.04 Å². The number of carbonyl (C=O) groups excluding carboxylic acids is 1. The van der Waals surface area contributed by atoms with Gasteiger partial charge in [-0.05, 0) is 45.2 Å². The number of Topliss-reactive ketones (excluding diaryl/α,β-unsaturated/α-hetero) is 1. The Kier molecular flexibility index (Phi) is 3.48. The molecular weight excluding hydrogens is 162 g/mol. The molecule has 1 rings (SSSR count). The molecule has 0 spiro atoms. The highest BCUT2D eigenvalue weighted by Crippen LogP contribution is 2.29. The molecule has 13 heavy (non-hydrogen) atoms. The van der Waals surface area contributed by atoms with Crippen LogP contribution in [-0.2, 0) is 4.79 Å².